The van der Waals surface area contributed by atoms with Gasteiger partial charge < -0.3 is 15.5 Å². The predicted octanol–water partition coefficient (Wildman–Crippen LogP) is 2.41. The van der Waals surface area contributed by atoms with Crippen molar-refractivity contribution in [2.75, 3.05) is 40.3 Å². The number of aryl methyl sites for hydroxylation is 1. The summed E-state index contributed by atoms with van der Waals surface area (Å²) in [6, 6.07) is 15.4. The van der Waals surface area contributed by atoms with Gasteiger partial charge in [-0.25, -0.2) is 8.42 Å². The van der Waals surface area contributed by atoms with Crippen molar-refractivity contribution in [3.8, 4) is 0 Å². The van der Waals surface area contributed by atoms with E-state index < -0.39 is 10.0 Å². The number of piperazine rings is 1. The molecule has 31 heavy (non-hydrogen) atoms. The lowest BCUT2D eigenvalue weighted by molar-refractivity contribution is 0.222. The van der Waals surface area contributed by atoms with Gasteiger partial charge in [-0.15, -0.1) is 24.0 Å². The molecule has 0 radical (unpaired) electrons. The number of benzene rings is 2. The summed E-state index contributed by atoms with van der Waals surface area (Å²) in [6.07, 6.45) is 0. The lowest BCUT2D eigenvalue weighted by Crippen LogP contribution is -2.47. The maximum Gasteiger partial charge on any atom is 0.243 e. The van der Waals surface area contributed by atoms with Crippen molar-refractivity contribution in [2.45, 2.75) is 24.9 Å². The van der Waals surface area contributed by atoms with Crippen LogP contribution in [-0.4, -0.2) is 63.9 Å². The van der Waals surface area contributed by atoms with Gasteiger partial charge in [-0.1, -0.05) is 42.5 Å². The number of nitrogens with zero attached hydrogens (tertiary/aromatic N) is 3. The number of nitrogens with one attached hydrogen (secondary N) is 2. The van der Waals surface area contributed by atoms with Gasteiger partial charge in [0, 0.05) is 46.3 Å². The average Bonchev–Trinajstić information content (AvgIpc) is 2.75. The third-order valence-electron chi connectivity index (χ3n) is 5.43. The molecule has 0 aliphatic carbocycles. The van der Waals surface area contributed by atoms with E-state index in [0.717, 1.165) is 18.7 Å². The predicted molar refractivity (Wildman–Crippen MR) is 136 cm³/mol. The highest BCUT2D eigenvalue weighted by atomic mass is 127. The van der Waals surface area contributed by atoms with Crippen LogP contribution in [0.3, 0.4) is 0 Å². The molecule has 7 nitrogen and oxygen atoms in total. The van der Waals surface area contributed by atoms with Gasteiger partial charge in [0.1, 0.15) is 0 Å². The molecule has 170 valence electrons. The molecule has 1 fully saturated rings. The second-order valence-corrected chi connectivity index (χ2v) is 9.43. The van der Waals surface area contributed by atoms with Gasteiger partial charge in [-0.2, -0.15) is 4.31 Å². The molecule has 2 aromatic rings. The van der Waals surface area contributed by atoms with Gasteiger partial charge in [-0.3, -0.25) is 4.99 Å². The molecule has 0 bridgehead atoms. The smallest absolute Gasteiger partial charge is 0.243 e. The summed E-state index contributed by atoms with van der Waals surface area (Å²) in [5.41, 5.74) is 3.14. The minimum atomic E-state index is -3.53. The first kappa shape index (κ1) is 25.6. The maximum absolute atomic E-state index is 13.2. The molecule has 0 saturated carbocycles. The largest absolute Gasteiger partial charge is 0.352 e. The van der Waals surface area contributed by atoms with E-state index >= 15 is 0 Å². The number of likely N-dealkylation sites (N-methyl/N-ethyl adjacent to an activating group) is 1. The van der Waals surface area contributed by atoms with Crippen molar-refractivity contribution < 1.29 is 8.42 Å². The summed E-state index contributed by atoms with van der Waals surface area (Å²) >= 11 is 0. The second-order valence-electron chi connectivity index (χ2n) is 7.52. The monoisotopic (exact) mass is 557 g/mol. The first-order chi connectivity index (χ1) is 14.4. The Morgan fingerprint density at radius 1 is 0.935 bits per heavy atom. The highest BCUT2D eigenvalue weighted by Gasteiger charge is 2.29. The third kappa shape index (κ3) is 6.64. The Morgan fingerprint density at radius 3 is 2.10 bits per heavy atom. The van der Waals surface area contributed by atoms with E-state index in [1.807, 2.05) is 31.3 Å². The maximum atomic E-state index is 13.2. The van der Waals surface area contributed by atoms with E-state index in [1.165, 1.54) is 11.1 Å². The molecule has 1 saturated heterocycles. The molecule has 3 rings (SSSR count). The number of sulfonamides is 1. The van der Waals surface area contributed by atoms with Crippen LogP contribution in [0.4, 0.5) is 0 Å². The van der Waals surface area contributed by atoms with E-state index in [9.17, 15) is 8.42 Å². The number of guanidine groups is 1. The molecule has 1 aliphatic rings. The molecule has 0 spiro atoms. The van der Waals surface area contributed by atoms with Crippen molar-refractivity contribution in [3.63, 3.8) is 0 Å². The SMILES string of the molecule is CN=C(NCc1ccccc1C)NCc1ccccc1S(=O)(=O)N1CCN(C)CC1.I. The Bertz CT molecular complexity index is 989. The Labute approximate surface area is 203 Å². The van der Waals surface area contributed by atoms with Crippen LogP contribution in [0.1, 0.15) is 16.7 Å². The number of halogens is 1. The zero-order valence-electron chi connectivity index (χ0n) is 18.3. The number of hydrogen-bond acceptors (Lipinski definition) is 4. The average molecular weight is 558 g/mol. The molecule has 0 aromatic heterocycles. The lowest BCUT2D eigenvalue weighted by atomic mass is 10.1. The molecule has 1 aliphatic heterocycles. The normalized spacial score (nSPS) is 15.9. The van der Waals surface area contributed by atoms with E-state index in [2.05, 4.69) is 39.6 Å². The zero-order chi connectivity index (χ0) is 21.6. The number of rotatable bonds is 6. The highest BCUT2D eigenvalue weighted by molar-refractivity contribution is 14.0. The van der Waals surface area contributed by atoms with Crippen LogP contribution in [0.25, 0.3) is 0 Å². The van der Waals surface area contributed by atoms with Crippen molar-refractivity contribution in [2.24, 2.45) is 4.99 Å². The zero-order valence-corrected chi connectivity index (χ0v) is 21.5. The summed E-state index contributed by atoms with van der Waals surface area (Å²) in [7, 11) is 0.194. The Balaban J connectivity index is 0.00000341. The van der Waals surface area contributed by atoms with Crippen LogP contribution in [0, 0.1) is 6.92 Å². The molecule has 0 unspecified atom stereocenters. The summed E-state index contributed by atoms with van der Waals surface area (Å²) in [5, 5.41) is 6.54. The summed E-state index contributed by atoms with van der Waals surface area (Å²) < 4.78 is 28.0. The van der Waals surface area contributed by atoms with E-state index in [4.69, 9.17) is 0 Å². The van der Waals surface area contributed by atoms with E-state index in [-0.39, 0.29) is 24.0 Å². The first-order valence-corrected chi connectivity index (χ1v) is 11.6. The van der Waals surface area contributed by atoms with Crippen LogP contribution >= 0.6 is 24.0 Å². The Morgan fingerprint density at radius 2 is 1.48 bits per heavy atom. The van der Waals surface area contributed by atoms with Crippen LogP contribution in [-0.2, 0) is 23.1 Å². The van der Waals surface area contributed by atoms with Crippen molar-refractivity contribution in [3.05, 3.63) is 65.2 Å². The molecule has 1 heterocycles. The quantitative estimate of drug-likeness (QED) is 0.324. The highest BCUT2D eigenvalue weighted by Crippen LogP contribution is 2.21. The first-order valence-electron chi connectivity index (χ1n) is 10.2. The summed E-state index contributed by atoms with van der Waals surface area (Å²) in [6.45, 7) is 5.61. The molecule has 2 N–H and O–H groups in total. The molecular weight excluding hydrogens is 525 g/mol. The summed E-state index contributed by atoms with van der Waals surface area (Å²) in [5.74, 6) is 0.630. The van der Waals surface area contributed by atoms with Crippen molar-refractivity contribution >= 4 is 40.0 Å². The van der Waals surface area contributed by atoms with Crippen LogP contribution in [0.15, 0.2) is 58.4 Å². The Hall–Kier alpha value is -1.69. The fourth-order valence-corrected chi connectivity index (χ4v) is 5.10. The van der Waals surface area contributed by atoms with Gasteiger partial charge in [-0.05, 0) is 36.7 Å². The van der Waals surface area contributed by atoms with Gasteiger partial charge in [0.25, 0.3) is 0 Å². The minimum Gasteiger partial charge on any atom is -0.352 e. The second kappa shape index (κ2) is 11.8. The van der Waals surface area contributed by atoms with Crippen LogP contribution in [0.5, 0.6) is 0 Å². The van der Waals surface area contributed by atoms with Gasteiger partial charge in [0.05, 0.1) is 4.90 Å². The van der Waals surface area contributed by atoms with Gasteiger partial charge in [0.2, 0.25) is 10.0 Å². The minimum absolute atomic E-state index is 0. The van der Waals surface area contributed by atoms with Crippen molar-refractivity contribution in [1.82, 2.24) is 19.8 Å². The van der Waals surface area contributed by atoms with Crippen molar-refractivity contribution in [1.29, 1.82) is 0 Å². The van der Waals surface area contributed by atoms with E-state index in [0.29, 0.717) is 37.0 Å². The molecular formula is C22H32IN5O2S. The fraction of sp³-hybridized carbons (Fsp3) is 0.409. The molecule has 9 heteroatoms. The lowest BCUT2D eigenvalue weighted by Gasteiger charge is -2.32. The van der Waals surface area contributed by atoms with Gasteiger partial charge >= 0.3 is 0 Å². The molecule has 2 aromatic carbocycles. The number of hydrogen-bond donors (Lipinski definition) is 2. The van der Waals surface area contributed by atoms with Crippen LogP contribution in [0.2, 0.25) is 0 Å². The topological polar surface area (TPSA) is 77.0 Å². The Kier molecular flexibility index (Phi) is 9.73. The van der Waals surface area contributed by atoms with Crippen LogP contribution < -0.4 is 10.6 Å². The standard InChI is InChI=1S/C22H31N5O2S.HI/c1-18-8-4-5-9-19(18)16-24-22(23-2)25-17-20-10-6-7-11-21(20)30(28,29)27-14-12-26(3)13-15-27;/h4-11H,12-17H2,1-3H3,(H2,23,24,25);1H. The summed E-state index contributed by atoms with van der Waals surface area (Å²) in [4.78, 5) is 6.77. The van der Waals surface area contributed by atoms with Gasteiger partial charge in [0.15, 0.2) is 5.96 Å². The molecule has 0 atom stereocenters. The third-order valence-corrected chi connectivity index (χ3v) is 7.43. The number of aliphatic imine (C=N–C) groups is 1. The fourth-order valence-electron chi connectivity index (χ4n) is 3.46. The molecule has 0 amide bonds. The van der Waals surface area contributed by atoms with E-state index in [1.54, 1.807) is 23.5 Å².